The summed E-state index contributed by atoms with van der Waals surface area (Å²) in [7, 11) is 0. The van der Waals surface area contributed by atoms with E-state index >= 15 is 0 Å². The molecule has 0 amide bonds. The monoisotopic (exact) mass is 352 g/mol. The second-order valence-corrected chi connectivity index (χ2v) is 4.70. The van der Waals surface area contributed by atoms with Gasteiger partial charge < -0.3 is 0 Å². The van der Waals surface area contributed by atoms with E-state index in [1.807, 2.05) is 19.1 Å². The van der Waals surface area contributed by atoms with Gasteiger partial charge in [-0.3, -0.25) is 4.79 Å². The van der Waals surface area contributed by atoms with Gasteiger partial charge in [-0.2, -0.15) is 0 Å². The first-order valence-electron chi connectivity index (χ1n) is 3.92. The SMILES string of the molecule is Cc1cc(I)c(C(=O)CBr)cc1C. The van der Waals surface area contributed by atoms with Gasteiger partial charge in [0.2, 0.25) is 0 Å². The van der Waals surface area contributed by atoms with Gasteiger partial charge in [0, 0.05) is 9.13 Å². The van der Waals surface area contributed by atoms with Crippen LogP contribution in [-0.2, 0) is 0 Å². The smallest absolute Gasteiger partial charge is 0.174 e. The molecule has 0 aromatic heterocycles. The standard InChI is InChI=1S/C10H10BrIO/c1-6-3-8(10(13)5-11)9(12)4-7(6)2/h3-4H,5H2,1-2H3. The Labute approximate surface area is 100 Å². The lowest BCUT2D eigenvalue weighted by Gasteiger charge is -2.05. The number of carbonyl (C=O) groups is 1. The van der Waals surface area contributed by atoms with Crippen molar-refractivity contribution in [2.24, 2.45) is 0 Å². The van der Waals surface area contributed by atoms with E-state index in [-0.39, 0.29) is 5.78 Å². The number of benzene rings is 1. The average Bonchev–Trinajstić information content (AvgIpc) is 2.10. The number of ketones is 1. The van der Waals surface area contributed by atoms with Crippen LogP contribution in [0.3, 0.4) is 0 Å². The van der Waals surface area contributed by atoms with E-state index in [0.717, 1.165) is 9.13 Å². The van der Waals surface area contributed by atoms with Crippen molar-refractivity contribution in [2.75, 3.05) is 5.33 Å². The van der Waals surface area contributed by atoms with Crippen LogP contribution in [0.4, 0.5) is 0 Å². The number of hydrogen-bond donors (Lipinski definition) is 0. The predicted molar refractivity (Wildman–Crippen MR) is 66.8 cm³/mol. The van der Waals surface area contributed by atoms with Gasteiger partial charge in [0.15, 0.2) is 5.78 Å². The summed E-state index contributed by atoms with van der Waals surface area (Å²) in [5.41, 5.74) is 3.22. The Morgan fingerprint density at radius 3 is 2.46 bits per heavy atom. The number of alkyl halides is 1. The summed E-state index contributed by atoms with van der Waals surface area (Å²) in [6.07, 6.45) is 0. The van der Waals surface area contributed by atoms with Crippen molar-refractivity contribution in [3.05, 3.63) is 32.4 Å². The van der Waals surface area contributed by atoms with E-state index in [1.54, 1.807) is 0 Å². The molecule has 0 aliphatic heterocycles. The van der Waals surface area contributed by atoms with Crippen LogP contribution in [0.5, 0.6) is 0 Å². The largest absolute Gasteiger partial charge is 0.293 e. The first kappa shape index (κ1) is 11.2. The minimum Gasteiger partial charge on any atom is -0.293 e. The van der Waals surface area contributed by atoms with Gasteiger partial charge in [0.1, 0.15) is 0 Å². The van der Waals surface area contributed by atoms with Crippen LogP contribution < -0.4 is 0 Å². The van der Waals surface area contributed by atoms with Gasteiger partial charge in [0.05, 0.1) is 5.33 Å². The number of halogens is 2. The van der Waals surface area contributed by atoms with Gasteiger partial charge in [-0.15, -0.1) is 0 Å². The zero-order valence-electron chi connectivity index (χ0n) is 7.53. The molecule has 0 spiro atoms. The molecule has 0 aliphatic carbocycles. The number of carbonyl (C=O) groups excluding carboxylic acids is 1. The van der Waals surface area contributed by atoms with Crippen molar-refractivity contribution in [3.63, 3.8) is 0 Å². The highest BCUT2D eigenvalue weighted by Crippen LogP contribution is 2.18. The molecule has 0 fully saturated rings. The van der Waals surface area contributed by atoms with E-state index < -0.39 is 0 Å². The van der Waals surface area contributed by atoms with Crippen molar-refractivity contribution in [2.45, 2.75) is 13.8 Å². The maximum atomic E-state index is 11.4. The lowest BCUT2D eigenvalue weighted by molar-refractivity contribution is 0.102. The van der Waals surface area contributed by atoms with Gasteiger partial charge in [0.25, 0.3) is 0 Å². The summed E-state index contributed by atoms with van der Waals surface area (Å²) in [5.74, 6) is 0.146. The molecule has 0 atom stereocenters. The van der Waals surface area contributed by atoms with Crippen LogP contribution in [0, 0.1) is 17.4 Å². The average molecular weight is 353 g/mol. The van der Waals surface area contributed by atoms with E-state index in [2.05, 4.69) is 45.4 Å². The lowest BCUT2D eigenvalue weighted by atomic mass is 10.0. The number of hydrogen-bond acceptors (Lipinski definition) is 1. The van der Waals surface area contributed by atoms with Crippen LogP contribution in [0.1, 0.15) is 21.5 Å². The molecule has 0 N–H and O–H groups in total. The van der Waals surface area contributed by atoms with Crippen LogP contribution >= 0.6 is 38.5 Å². The van der Waals surface area contributed by atoms with Gasteiger partial charge in [-0.1, -0.05) is 15.9 Å². The molecule has 0 aliphatic rings. The predicted octanol–water partition coefficient (Wildman–Crippen LogP) is 3.49. The summed E-state index contributed by atoms with van der Waals surface area (Å²) in [6.45, 7) is 4.08. The van der Waals surface area contributed by atoms with Crippen molar-refractivity contribution in [1.29, 1.82) is 0 Å². The molecule has 1 aromatic rings. The Bertz CT molecular complexity index is 347. The summed E-state index contributed by atoms with van der Waals surface area (Å²) in [6, 6.07) is 4.01. The minimum absolute atomic E-state index is 0.146. The summed E-state index contributed by atoms with van der Waals surface area (Å²) >= 11 is 5.38. The number of Topliss-reactive ketones (excluding diaryl/α,β-unsaturated/α-hetero) is 1. The summed E-state index contributed by atoms with van der Waals surface area (Å²) in [4.78, 5) is 11.4. The van der Waals surface area contributed by atoms with Crippen LogP contribution in [-0.4, -0.2) is 11.1 Å². The highest BCUT2D eigenvalue weighted by Gasteiger charge is 2.09. The molecule has 0 saturated carbocycles. The molecule has 13 heavy (non-hydrogen) atoms. The molecular formula is C10H10BrIO. The molecule has 0 unspecified atom stereocenters. The number of aryl methyl sites for hydroxylation is 2. The fraction of sp³-hybridized carbons (Fsp3) is 0.300. The molecule has 1 aromatic carbocycles. The molecular weight excluding hydrogens is 343 g/mol. The summed E-state index contributed by atoms with van der Waals surface area (Å²) in [5, 5.41) is 0.394. The third-order valence-corrected chi connectivity index (χ3v) is 3.41. The van der Waals surface area contributed by atoms with Crippen LogP contribution in [0.25, 0.3) is 0 Å². The van der Waals surface area contributed by atoms with Crippen molar-refractivity contribution in [3.8, 4) is 0 Å². The molecule has 70 valence electrons. The Kier molecular flexibility index (Phi) is 3.91. The zero-order valence-corrected chi connectivity index (χ0v) is 11.3. The molecule has 1 nitrogen and oxygen atoms in total. The van der Waals surface area contributed by atoms with E-state index in [9.17, 15) is 4.79 Å². The first-order valence-corrected chi connectivity index (χ1v) is 6.12. The molecule has 1 rings (SSSR count). The Balaban J connectivity index is 3.23. The van der Waals surface area contributed by atoms with E-state index in [1.165, 1.54) is 11.1 Å². The maximum absolute atomic E-state index is 11.4. The zero-order chi connectivity index (χ0) is 10.0. The molecule has 0 bridgehead atoms. The van der Waals surface area contributed by atoms with Crippen LogP contribution in [0.15, 0.2) is 12.1 Å². The lowest BCUT2D eigenvalue weighted by Crippen LogP contribution is -2.03. The number of rotatable bonds is 2. The van der Waals surface area contributed by atoms with Crippen molar-refractivity contribution in [1.82, 2.24) is 0 Å². The highest BCUT2D eigenvalue weighted by molar-refractivity contribution is 14.1. The van der Waals surface area contributed by atoms with Gasteiger partial charge >= 0.3 is 0 Å². The van der Waals surface area contributed by atoms with Gasteiger partial charge in [-0.05, 0) is 59.7 Å². The molecule has 3 heteroatoms. The fourth-order valence-corrected chi connectivity index (χ4v) is 2.29. The minimum atomic E-state index is 0.146. The molecule has 0 radical (unpaired) electrons. The second kappa shape index (κ2) is 4.55. The fourth-order valence-electron chi connectivity index (χ4n) is 1.07. The quantitative estimate of drug-likeness (QED) is 0.452. The van der Waals surface area contributed by atoms with Gasteiger partial charge in [-0.25, -0.2) is 0 Å². The van der Waals surface area contributed by atoms with Crippen molar-refractivity contribution < 1.29 is 4.79 Å². The third-order valence-electron chi connectivity index (χ3n) is 2.01. The normalized spacial score (nSPS) is 10.2. The molecule has 0 heterocycles. The Morgan fingerprint density at radius 2 is 1.92 bits per heavy atom. The Morgan fingerprint density at radius 1 is 1.38 bits per heavy atom. The highest BCUT2D eigenvalue weighted by atomic mass is 127. The topological polar surface area (TPSA) is 17.1 Å². The summed E-state index contributed by atoms with van der Waals surface area (Å²) < 4.78 is 1.03. The van der Waals surface area contributed by atoms with Crippen LogP contribution in [0.2, 0.25) is 0 Å². The maximum Gasteiger partial charge on any atom is 0.174 e. The van der Waals surface area contributed by atoms with Crippen molar-refractivity contribution >= 4 is 44.3 Å². The Hall–Kier alpha value is 0.1000. The second-order valence-electron chi connectivity index (χ2n) is 2.97. The molecule has 0 saturated heterocycles. The van der Waals surface area contributed by atoms with E-state index in [4.69, 9.17) is 0 Å². The van der Waals surface area contributed by atoms with E-state index in [0.29, 0.717) is 5.33 Å². The first-order chi connectivity index (χ1) is 6.06. The third kappa shape index (κ3) is 2.53.